The molecule has 8 nitrogen and oxygen atoms in total. The van der Waals surface area contributed by atoms with Crippen LogP contribution >= 0.6 is 0 Å². The van der Waals surface area contributed by atoms with Gasteiger partial charge >= 0.3 is 11.9 Å². The van der Waals surface area contributed by atoms with Gasteiger partial charge in [-0.25, -0.2) is 0 Å². The zero-order valence-electron chi connectivity index (χ0n) is 18.4. The van der Waals surface area contributed by atoms with Crippen LogP contribution in [-0.2, 0) is 28.6 Å². The van der Waals surface area contributed by atoms with Crippen LogP contribution in [0.1, 0.15) is 57.9 Å². The van der Waals surface area contributed by atoms with Crippen molar-refractivity contribution < 1.29 is 33.3 Å². The number of carbonyl (C=O) groups is 3. The van der Waals surface area contributed by atoms with Gasteiger partial charge in [-0.15, -0.1) is 0 Å². The van der Waals surface area contributed by atoms with Crippen molar-refractivity contribution in [1.82, 2.24) is 0 Å². The molecule has 0 spiro atoms. The van der Waals surface area contributed by atoms with E-state index in [1.54, 1.807) is 18.7 Å². The number of fused-ring (bicyclic) bond motifs is 1. The third-order valence-electron chi connectivity index (χ3n) is 5.54. The molecular weight excluding hydrogens is 402 g/mol. The lowest BCUT2D eigenvalue weighted by atomic mass is 9.89. The number of esters is 2. The molecule has 0 radical (unpaired) electrons. The fraction of sp³-hybridized carbons (Fsp3) is 0.609. The van der Waals surface area contributed by atoms with E-state index < -0.39 is 23.8 Å². The number of carbonyl (C=O) groups excluding carboxylic acids is 3. The van der Waals surface area contributed by atoms with Crippen LogP contribution in [0.15, 0.2) is 18.2 Å². The molecule has 1 saturated heterocycles. The summed E-state index contributed by atoms with van der Waals surface area (Å²) in [4.78, 5) is 40.2. The molecular formula is C23H31NO7. The second-order valence-corrected chi connectivity index (χ2v) is 7.53. The van der Waals surface area contributed by atoms with E-state index in [0.29, 0.717) is 19.0 Å². The maximum absolute atomic E-state index is 13.5. The van der Waals surface area contributed by atoms with Crippen molar-refractivity contribution in [2.24, 2.45) is 5.92 Å². The van der Waals surface area contributed by atoms with Gasteiger partial charge in [0.1, 0.15) is 12.0 Å². The van der Waals surface area contributed by atoms with Crippen LogP contribution in [-0.4, -0.2) is 50.5 Å². The van der Waals surface area contributed by atoms with E-state index in [-0.39, 0.29) is 31.8 Å². The molecule has 1 aromatic rings. The summed E-state index contributed by atoms with van der Waals surface area (Å²) in [5, 5.41) is 0. The summed E-state index contributed by atoms with van der Waals surface area (Å²) in [7, 11) is 0. The lowest BCUT2D eigenvalue weighted by molar-refractivity contribution is -0.162. The molecule has 2 atom stereocenters. The standard InChI is InChI=1S/C23H31NO7/c1-4-28-15-10-11-19-16(13-15)17(21(25)24(19)20-9-7-8-12-31-20)14-18(22(26)29-5-2)23(27)30-6-3/h10-11,13,17-18,20H,4-9,12,14H2,1-3H3. The highest BCUT2D eigenvalue weighted by atomic mass is 16.6. The minimum atomic E-state index is -1.18. The number of anilines is 1. The highest BCUT2D eigenvalue weighted by Crippen LogP contribution is 2.44. The van der Waals surface area contributed by atoms with Gasteiger partial charge in [0.25, 0.3) is 0 Å². The van der Waals surface area contributed by atoms with Crippen molar-refractivity contribution in [2.45, 2.75) is 58.6 Å². The van der Waals surface area contributed by atoms with Gasteiger partial charge in [-0.1, -0.05) is 0 Å². The monoisotopic (exact) mass is 433 g/mol. The first-order valence-electron chi connectivity index (χ1n) is 11.1. The molecule has 0 aliphatic carbocycles. The first kappa shape index (κ1) is 23.1. The SMILES string of the molecule is CCOC(=O)C(CC1C(=O)N(C2CCCCO2)c2ccc(OCC)cc21)C(=O)OCC. The molecule has 2 unspecified atom stereocenters. The Morgan fingerprint density at radius 3 is 2.39 bits per heavy atom. The van der Waals surface area contributed by atoms with Gasteiger partial charge in [-0.3, -0.25) is 19.3 Å². The van der Waals surface area contributed by atoms with Crippen molar-refractivity contribution in [1.29, 1.82) is 0 Å². The summed E-state index contributed by atoms with van der Waals surface area (Å²) >= 11 is 0. The second-order valence-electron chi connectivity index (χ2n) is 7.53. The van der Waals surface area contributed by atoms with Crippen LogP contribution in [0.2, 0.25) is 0 Å². The number of amides is 1. The molecule has 2 heterocycles. The van der Waals surface area contributed by atoms with Gasteiger partial charge in [0.05, 0.1) is 31.4 Å². The Labute approximate surface area is 182 Å². The number of hydrogen-bond acceptors (Lipinski definition) is 7. The predicted molar refractivity (Wildman–Crippen MR) is 113 cm³/mol. The molecule has 170 valence electrons. The van der Waals surface area contributed by atoms with E-state index in [0.717, 1.165) is 30.5 Å². The van der Waals surface area contributed by atoms with Crippen molar-refractivity contribution in [3.05, 3.63) is 23.8 Å². The third-order valence-corrected chi connectivity index (χ3v) is 5.54. The summed E-state index contributed by atoms with van der Waals surface area (Å²) in [5.41, 5.74) is 1.46. The Kier molecular flexibility index (Phi) is 7.90. The Morgan fingerprint density at radius 1 is 1.10 bits per heavy atom. The third kappa shape index (κ3) is 5.01. The van der Waals surface area contributed by atoms with Crippen LogP contribution in [0, 0.1) is 5.92 Å². The van der Waals surface area contributed by atoms with Crippen LogP contribution < -0.4 is 9.64 Å². The Bertz CT molecular complexity index is 785. The average molecular weight is 434 g/mol. The molecule has 1 aromatic carbocycles. The van der Waals surface area contributed by atoms with Crippen molar-refractivity contribution in [3.8, 4) is 5.75 Å². The topological polar surface area (TPSA) is 91.4 Å². The second kappa shape index (κ2) is 10.6. The molecule has 0 aromatic heterocycles. The summed E-state index contributed by atoms with van der Waals surface area (Å²) in [6.07, 6.45) is 2.30. The lowest BCUT2D eigenvalue weighted by Crippen LogP contribution is -2.43. The highest BCUT2D eigenvalue weighted by Gasteiger charge is 2.45. The Hall–Kier alpha value is -2.61. The number of nitrogens with zero attached hydrogens (tertiary/aromatic N) is 1. The minimum absolute atomic E-state index is 0.0255. The molecule has 1 amide bonds. The molecule has 0 bridgehead atoms. The number of benzene rings is 1. The van der Waals surface area contributed by atoms with Crippen LogP contribution in [0.3, 0.4) is 0 Å². The Morgan fingerprint density at radius 2 is 1.81 bits per heavy atom. The maximum atomic E-state index is 13.5. The van der Waals surface area contributed by atoms with Gasteiger partial charge in [-0.05, 0) is 70.2 Å². The maximum Gasteiger partial charge on any atom is 0.320 e. The smallest absolute Gasteiger partial charge is 0.320 e. The number of ether oxygens (including phenoxy) is 4. The minimum Gasteiger partial charge on any atom is -0.494 e. The quantitative estimate of drug-likeness (QED) is 0.436. The molecule has 3 rings (SSSR count). The molecule has 0 saturated carbocycles. The largest absolute Gasteiger partial charge is 0.494 e. The summed E-state index contributed by atoms with van der Waals surface area (Å²) in [6, 6.07) is 5.49. The predicted octanol–water partition coefficient (Wildman–Crippen LogP) is 3.17. The van der Waals surface area contributed by atoms with Crippen LogP contribution in [0.4, 0.5) is 5.69 Å². The fourth-order valence-electron chi connectivity index (χ4n) is 4.17. The highest BCUT2D eigenvalue weighted by molar-refractivity contribution is 6.06. The van der Waals surface area contributed by atoms with E-state index in [4.69, 9.17) is 18.9 Å². The fourth-order valence-corrected chi connectivity index (χ4v) is 4.17. The number of hydrogen-bond donors (Lipinski definition) is 0. The number of rotatable bonds is 9. The van der Waals surface area contributed by atoms with E-state index >= 15 is 0 Å². The van der Waals surface area contributed by atoms with Crippen LogP contribution in [0.5, 0.6) is 5.75 Å². The molecule has 2 aliphatic rings. The van der Waals surface area contributed by atoms with Crippen molar-refractivity contribution >= 4 is 23.5 Å². The molecule has 0 N–H and O–H groups in total. The van der Waals surface area contributed by atoms with E-state index in [2.05, 4.69) is 0 Å². The van der Waals surface area contributed by atoms with E-state index in [1.807, 2.05) is 25.1 Å². The summed E-state index contributed by atoms with van der Waals surface area (Å²) < 4.78 is 21.7. The molecule has 1 fully saturated rings. The van der Waals surface area contributed by atoms with Gasteiger partial charge in [-0.2, -0.15) is 0 Å². The summed E-state index contributed by atoms with van der Waals surface area (Å²) in [6.45, 7) is 6.59. The van der Waals surface area contributed by atoms with Gasteiger partial charge in [0.2, 0.25) is 5.91 Å². The molecule has 8 heteroatoms. The van der Waals surface area contributed by atoms with E-state index in [9.17, 15) is 14.4 Å². The zero-order valence-corrected chi connectivity index (χ0v) is 18.4. The summed E-state index contributed by atoms with van der Waals surface area (Å²) in [5.74, 6) is -2.78. The first-order chi connectivity index (χ1) is 15.0. The van der Waals surface area contributed by atoms with E-state index in [1.165, 1.54) is 0 Å². The Balaban J connectivity index is 1.96. The average Bonchev–Trinajstić information content (AvgIpc) is 3.03. The first-order valence-corrected chi connectivity index (χ1v) is 11.1. The normalized spacial score (nSPS) is 20.5. The van der Waals surface area contributed by atoms with Crippen molar-refractivity contribution in [3.63, 3.8) is 0 Å². The van der Waals surface area contributed by atoms with Gasteiger partial charge in [0.15, 0.2) is 5.92 Å². The molecule has 2 aliphatic heterocycles. The zero-order chi connectivity index (χ0) is 22.4. The lowest BCUT2D eigenvalue weighted by Gasteiger charge is -2.32. The van der Waals surface area contributed by atoms with Gasteiger partial charge < -0.3 is 18.9 Å². The van der Waals surface area contributed by atoms with Gasteiger partial charge in [0, 0.05) is 6.61 Å². The molecule has 31 heavy (non-hydrogen) atoms. The van der Waals surface area contributed by atoms with Crippen LogP contribution in [0.25, 0.3) is 0 Å². The van der Waals surface area contributed by atoms with Crippen molar-refractivity contribution in [2.75, 3.05) is 31.3 Å².